The SMILES string of the molecule is O=C(O)CCC(=O)Nc1ccccc1-c1ccc(Cl)c(Cl)c1. The monoisotopic (exact) mass is 337 g/mol. The molecule has 0 radical (unpaired) electrons. The van der Waals surface area contributed by atoms with Crippen molar-refractivity contribution in [2.24, 2.45) is 0 Å². The maximum atomic E-state index is 11.8. The van der Waals surface area contributed by atoms with E-state index in [1.807, 2.05) is 12.1 Å². The van der Waals surface area contributed by atoms with Crippen LogP contribution in [0.3, 0.4) is 0 Å². The average Bonchev–Trinajstić information content (AvgIpc) is 2.49. The Bertz CT molecular complexity index is 716. The van der Waals surface area contributed by atoms with Gasteiger partial charge < -0.3 is 10.4 Å². The van der Waals surface area contributed by atoms with Gasteiger partial charge in [0.05, 0.1) is 16.5 Å². The third-order valence-corrected chi connectivity index (χ3v) is 3.74. The summed E-state index contributed by atoms with van der Waals surface area (Å²) in [5.74, 6) is -1.36. The van der Waals surface area contributed by atoms with Gasteiger partial charge >= 0.3 is 5.97 Å². The Morgan fingerprint density at radius 1 is 1.00 bits per heavy atom. The molecule has 0 aliphatic rings. The number of carboxylic acids is 1. The molecule has 4 nitrogen and oxygen atoms in total. The number of carbonyl (C=O) groups excluding carboxylic acids is 1. The smallest absolute Gasteiger partial charge is 0.303 e. The molecule has 0 aromatic heterocycles. The highest BCUT2D eigenvalue weighted by Crippen LogP contribution is 2.32. The number of rotatable bonds is 5. The van der Waals surface area contributed by atoms with E-state index < -0.39 is 5.97 Å². The van der Waals surface area contributed by atoms with E-state index >= 15 is 0 Å². The summed E-state index contributed by atoms with van der Waals surface area (Å²) in [4.78, 5) is 22.3. The van der Waals surface area contributed by atoms with Crippen molar-refractivity contribution < 1.29 is 14.7 Å². The number of halogens is 2. The number of nitrogens with one attached hydrogen (secondary N) is 1. The second-order valence-corrected chi connectivity index (χ2v) is 5.43. The average molecular weight is 338 g/mol. The largest absolute Gasteiger partial charge is 0.481 e. The number of aliphatic carboxylic acids is 1. The van der Waals surface area contributed by atoms with Crippen molar-refractivity contribution >= 4 is 40.8 Å². The van der Waals surface area contributed by atoms with E-state index in [9.17, 15) is 9.59 Å². The van der Waals surface area contributed by atoms with E-state index in [4.69, 9.17) is 28.3 Å². The Balaban J connectivity index is 2.24. The van der Waals surface area contributed by atoms with Crippen LogP contribution in [0.2, 0.25) is 10.0 Å². The Kier molecular flexibility index (Phi) is 5.41. The molecule has 0 atom stereocenters. The van der Waals surface area contributed by atoms with Crippen LogP contribution in [0.1, 0.15) is 12.8 Å². The highest BCUT2D eigenvalue weighted by Gasteiger charge is 2.10. The molecule has 0 aliphatic carbocycles. The normalized spacial score (nSPS) is 10.3. The first-order chi connectivity index (χ1) is 10.5. The maximum Gasteiger partial charge on any atom is 0.303 e. The number of carbonyl (C=O) groups is 2. The predicted octanol–water partition coefficient (Wildman–Crippen LogP) is 4.46. The van der Waals surface area contributed by atoms with Crippen molar-refractivity contribution in [3.8, 4) is 11.1 Å². The van der Waals surface area contributed by atoms with Gasteiger partial charge in [0.25, 0.3) is 0 Å². The molecule has 0 aliphatic heterocycles. The molecule has 2 aromatic carbocycles. The third-order valence-electron chi connectivity index (χ3n) is 3.00. The first kappa shape index (κ1) is 16.3. The Labute approximate surface area is 137 Å². The lowest BCUT2D eigenvalue weighted by molar-refractivity contribution is -0.138. The number of carboxylic acid groups (broad SMARTS) is 1. The molecule has 0 saturated carbocycles. The third kappa shape index (κ3) is 4.23. The Morgan fingerprint density at radius 2 is 1.73 bits per heavy atom. The van der Waals surface area contributed by atoms with Crippen molar-refractivity contribution in [1.82, 2.24) is 0 Å². The summed E-state index contributed by atoms with van der Waals surface area (Å²) in [6.07, 6.45) is -0.286. The molecule has 2 N–H and O–H groups in total. The second kappa shape index (κ2) is 7.29. The van der Waals surface area contributed by atoms with Gasteiger partial charge in [-0.25, -0.2) is 0 Å². The van der Waals surface area contributed by atoms with Crippen LogP contribution in [0.15, 0.2) is 42.5 Å². The first-order valence-corrected chi connectivity index (χ1v) is 7.29. The molecule has 2 aromatic rings. The Hall–Kier alpha value is -2.04. The lowest BCUT2D eigenvalue weighted by Gasteiger charge is -2.11. The standard InChI is InChI=1S/C16H13Cl2NO3/c17-12-6-5-10(9-13(12)18)11-3-1-2-4-14(11)19-15(20)7-8-16(21)22/h1-6,9H,7-8H2,(H,19,20)(H,21,22). The summed E-state index contributed by atoms with van der Waals surface area (Å²) in [6.45, 7) is 0. The minimum Gasteiger partial charge on any atom is -0.481 e. The molecule has 114 valence electrons. The van der Waals surface area contributed by atoms with Gasteiger partial charge in [-0.3, -0.25) is 9.59 Å². The van der Waals surface area contributed by atoms with Crippen LogP contribution in [0.25, 0.3) is 11.1 Å². The lowest BCUT2D eigenvalue weighted by Crippen LogP contribution is -2.13. The van der Waals surface area contributed by atoms with Gasteiger partial charge in [-0.15, -0.1) is 0 Å². The van der Waals surface area contributed by atoms with Gasteiger partial charge in [0.15, 0.2) is 0 Å². The zero-order valence-electron chi connectivity index (χ0n) is 11.5. The molecule has 1 amide bonds. The summed E-state index contributed by atoms with van der Waals surface area (Å²) < 4.78 is 0. The summed E-state index contributed by atoms with van der Waals surface area (Å²) in [6, 6.07) is 12.4. The number of amides is 1. The van der Waals surface area contributed by atoms with E-state index in [-0.39, 0.29) is 18.7 Å². The molecule has 0 heterocycles. The molecule has 22 heavy (non-hydrogen) atoms. The number of benzene rings is 2. The molecular formula is C16H13Cl2NO3. The second-order valence-electron chi connectivity index (χ2n) is 4.62. The Morgan fingerprint density at radius 3 is 2.41 bits per heavy atom. The fourth-order valence-corrected chi connectivity index (χ4v) is 2.24. The van der Waals surface area contributed by atoms with Crippen molar-refractivity contribution in [1.29, 1.82) is 0 Å². The molecule has 0 saturated heterocycles. The van der Waals surface area contributed by atoms with E-state index in [1.54, 1.807) is 30.3 Å². The lowest BCUT2D eigenvalue weighted by atomic mass is 10.0. The van der Waals surface area contributed by atoms with Gasteiger partial charge in [-0.1, -0.05) is 47.5 Å². The zero-order chi connectivity index (χ0) is 16.1. The first-order valence-electron chi connectivity index (χ1n) is 6.53. The van der Waals surface area contributed by atoms with Crippen LogP contribution in [0, 0.1) is 0 Å². The van der Waals surface area contributed by atoms with Crippen molar-refractivity contribution in [3.05, 3.63) is 52.5 Å². The summed E-state index contributed by atoms with van der Waals surface area (Å²) >= 11 is 11.9. The van der Waals surface area contributed by atoms with Crippen LogP contribution in [-0.2, 0) is 9.59 Å². The van der Waals surface area contributed by atoms with Gasteiger partial charge in [-0.05, 0) is 23.8 Å². The van der Waals surface area contributed by atoms with Crippen molar-refractivity contribution in [2.45, 2.75) is 12.8 Å². The van der Waals surface area contributed by atoms with Crippen LogP contribution in [0.5, 0.6) is 0 Å². The molecule has 0 unspecified atom stereocenters. The number of hydrogen-bond donors (Lipinski definition) is 2. The maximum absolute atomic E-state index is 11.8. The van der Waals surface area contributed by atoms with Gasteiger partial charge in [-0.2, -0.15) is 0 Å². The number of para-hydroxylation sites is 1. The summed E-state index contributed by atoms with van der Waals surface area (Å²) in [5, 5.41) is 12.2. The molecular weight excluding hydrogens is 325 g/mol. The van der Waals surface area contributed by atoms with Crippen LogP contribution in [0.4, 0.5) is 5.69 Å². The van der Waals surface area contributed by atoms with Gasteiger partial charge in [0.1, 0.15) is 0 Å². The van der Waals surface area contributed by atoms with Crippen molar-refractivity contribution in [2.75, 3.05) is 5.32 Å². The minimum absolute atomic E-state index is 0.0783. The highest BCUT2D eigenvalue weighted by atomic mass is 35.5. The zero-order valence-corrected chi connectivity index (χ0v) is 13.0. The van der Waals surface area contributed by atoms with Crippen molar-refractivity contribution in [3.63, 3.8) is 0 Å². The highest BCUT2D eigenvalue weighted by molar-refractivity contribution is 6.42. The van der Waals surface area contributed by atoms with Crippen LogP contribution >= 0.6 is 23.2 Å². The molecule has 0 fully saturated rings. The fraction of sp³-hybridized carbons (Fsp3) is 0.125. The van der Waals surface area contributed by atoms with Crippen LogP contribution < -0.4 is 5.32 Å². The quantitative estimate of drug-likeness (QED) is 0.846. The van der Waals surface area contributed by atoms with E-state index in [1.165, 1.54) is 0 Å². The topological polar surface area (TPSA) is 66.4 Å². The summed E-state index contributed by atoms with van der Waals surface area (Å²) in [5.41, 5.74) is 2.18. The predicted molar refractivity (Wildman–Crippen MR) is 87.4 cm³/mol. The number of hydrogen-bond acceptors (Lipinski definition) is 2. The molecule has 2 rings (SSSR count). The molecule has 0 spiro atoms. The number of anilines is 1. The van der Waals surface area contributed by atoms with Gasteiger partial charge in [0.2, 0.25) is 5.91 Å². The van der Waals surface area contributed by atoms with Gasteiger partial charge in [0, 0.05) is 17.7 Å². The van der Waals surface area contributed by atoms with Crippen LogP contribution in [-0.4, -0.2) is 17.0 Å². The molecule has 6 heteroatoms. The minimum atomic E-state index is -1.01. The van der Waals surface area contributed by atoms with E-state index in [2.05, 4.69) is 5.32 Å². The molecule has 0 bridgehead atoms. The van der Waals surface area contributed by atoms with E-state index in [0.29, 0.717) is 15.7 Å². The fourth-order valence-electron chi connectivity index (χ4n) is 1.94. The van der Waals surface area contributed by atoms with E-state index in [0.717, 1.165) is 11.1 Å². The summed E-state index contributed by atoms with van der Waals surface area (Å²) in [7, 11) is 0.